The van der Waals surface area contributed by atoms with E-state index in [1.54, 1.807) is 24.3 Å². The average Bonchev–Trinajstić information content (AvgIpc) is 3.02. The van der Waals surface area contributed by atoms with Gasteiger partial charge in [-0.25, -0.2) is 4.98 Å². The van der Waals surface area contributed by atoms with E-state index >= 15 is 0 Å². The van der Waals surface area contributed by atoms with Crippen LogP contribution in [0.5, 0.6) is 0 Å². The summed E-state index contributed by atoms with van der Waals surface area (Å²) in [5.41, 5.74) is 0.454. The fraction of sp³-hybridized carbons (Fsp3) is 0.0556. The standard InChI is InChI=1S/C18H9F3N4O/c19-18(20,21)11-2-4-13-14(7-11)25-17(26)16(24-13)15-6-10-5-9(8-22)1-3-12(10)23-15/h1-7,23H,(H,25,26). The summed E-state index contributed by atoms with van der Waals surface area (Å²) < 4.78 is 38.4. The molecular weight excluding hydrogens is 345 g/mol. The molecule has 0 aliphatic rings. The first kappa shape index (κ1) is 15.9. The van der Waals surface area contributed by atoms with E-state index in [1.807, 2.05) is 6.07 Å². The summed E-state index contributed by atoms with van der Waals surface area (Å²) in [6.45, 7) is 0. The second-order valence-electron chi connectivity index (χ2n) is 5.74. The maximum Gasteiger partial charge on any atom is 0.416 e. The predicted octanol–water partition coefficient (Wildman–Crippen LogP) is 3.96. The molecule has 0 saturated carbocycles. The molecule has 4 rings (SSSR count). The Morgan fingerprint density at radius 3 is 2.54 bits per heavy atom. The summed E-state index contributed by atoms with van der Waals surface area (Å²) in [7, 11) is 0. The van der Waals surface area contributed by atoms with Crippen LogP contribution in [0, 0.1) is 11.3 Å². The molecule has 2 aromatic heterocycles. The number of aromatic nitrogens is 3. The van der Waals surface area contributed by atoms with Crippen LogP contribution in [-0.2, 0) is 6.18 Å². The molecule has 2 N–H and O–H groups in total. The zero-order chi connectivity index (χ0) is 18.5. The van der Waals surface area contributed by atoms with Gasteiger partial charge >= 0.3 is 6.18 Å². The molecule has 0 atom stereocenters. The maximum absolute atomic E-state index is 12.8. The number of halogens is 3. The number of hydrogen-bond acceptors (Lipinski definition) is 3. The second-order valence-corrected chi connectivity index (χ2v) is 5.74. The normalized spacial score (nSPS) is 11.8. The van der Waals surface area contributed by atoms with Crippen LogP contribution >= 0.6 is 0 Å². The number of nitrogens with one attached hydrogen (secondary N) is 2. The Morgan fingerprint density at radius 2 is 1.81 bits per heavy atom. The van der Waals surface area contributed by atoms with Gasteiger partial charge in [0.2, 0.25) is 0 Å². The highest BCUT2D eigenvalue weighted by molar-refractivity contribution is 5.87. The van der Waals surface area contributed by atoms with Crippen LogP contribution in [0.1, 0.15) is 11.1 Å². The Kier molecular flexibility index (Phi) is 3.34. The number of fused-ring (bicyclic) bond motifs is 2. The van der Waals surface area contributed by atoms with Crippen molar-refractivity contribution in [2.75, 3.05) is 0 Å². The van der Waals surface area contributed by atoms with Crippen LogP contribution in [-0.4, -0.2) is 15.0 Å². The smallest absolute Gasteiger partial charge is 0.353 e. The third-order valence-corrected chi connectivity index (χ3v) is 4.02. The van der Waals surface area contributed by atoms with Gasteiger partial charge in [0.15, 0.2) is 5.69 Å². The van der Waals surface area contributed by atoms with Crippen molar-refractivity contribution in [2.24, 2.45) is 0 Å². The summed E-state index contributed by atoms with van der Waals surface area (Å²) >= 11 is 0. The molecule has 8 heteroatoms. The summed E-state index contributed by atoms with van der Waals surface area (Å²) in [6, 6.07) is 11.7. The maximum atomic E-state index is 12.8. The highest BCUT2D eigenvalue weighted by Crippen LogP contribution is 2.31. The molecule has 128 valence electrons. The minimum Gasteiger partial charge on any atom is -0.353 e. The Bertz CT molecular complexity index is 1260. The van der Waals surface area contributed by atoms with Crippen molar-refractivity contribution in [1.82, 2.24) is 15.0 Å². The summed E-state index contributed by atoms with van der Waals surface area (Å²) in [4.78, 5) is 22.0. The van der Waals surface area contributed by atoms with Crippen molar-refractivity contribution in [3.05, 3.63) is 63.9 Å². The highest BCUT2D eigenvalue weighted by Gasteiger charge is 2.30. The van der Waals surface area contributed by atoms with Gasteiger partial charge in [-0.05, 0) is 42.5 Å². The van der Waals surface area contributed by atoms with Crippen molar-refractivity contribution in [1.29, 1.82) is 5.26 Å². The van der Waals surface area contributed by atoms with Crippen molar-refractivity contribution < 1.29 is 13.2 Å². The number of nitrogens with zero attached hydrogens (tertiary/aromatic N) is 2. The molecule has 0 radical (unpaired) electrons. The molecule has 0 fully saturated rings. The predicted molar refractivity (Wildman–Crippen MR) is 89.4 cm³/mol. The molecule has 0 aliphatic heterocycles. The first-order valence-corrected chi connectivity index (χ1v) is 7.50. The zero-order valence-electron chi connectivity index (χ0n) is 13.0. The van der Waals surface area contributed by atoms with Crippen LogP contribution in [0.4, 0.5) is 13.2 Å². The topological polar surface area (TPSA) is 85.3 Å². The lowest BCUT2D eigenvalue weighted by Crippen LogP contribution is -2.12. The fourth-order valence-corrected chi connectivity index (χ4v) is 2.78. The Balaban J connectivity index is 1.88. The Labute approximate surface area is 143 Å². The number of rotatable bonds is 1. The van der Waals surface area contributed by atoms with Crippen molar-refractivity contribution in [2.45, 2.75) is 6.18 Å². The van der Waals surface area contributed by atoms with E-state index in [4.69, 9.17) is 5.26 Å². The van der Waals surface area contributed by atoms with Crippen molar-refractivity contribution >= 4 is 21.9 Å². The molecular formula is C18H9F3N4O. The molecule has 0 bridgehead atoms. The van der Waals surface area contributed by atoms with Crippen LogP contribution in [0.25, 0.3) is 33.3 Å². The molecule has 0 saturated heterocycles. The zero-order valence-corrected chi connectivity index (χ0v) is 13.0. The van der Waals surface area contributed by atoms with E-state index in [0.29, 0.717) is 16.8 Å². The quantitative estimate of drug-likeness (QED) is 0.542. The molecule has 26 heavy (non-hydrogen) atoms. The van der Waals surface area contributed by atoms with Gasteiger partial charge in [-0.1, -0.05) is 0 Å². The monoisotopic (exact) mass is 354 g/mol. The van der Waals surface area contributed by atoms with Gasteiger partial charge in [-0.3, -0.25) is 4.79 Å². The molecule has 0 amide bonds. The third kappa shape index (κ3) is 2.59. The molecule has 4 aromatic rings. The second kappa shape index (κ2) is 5.46. The molecule has 2 heterocycles. The van der Waals surface area contributed by atoms with Gasteiger partial charge in [0.25, 0.3) is 5.56 Å². The number of nitriles is 1. The van der Waals surface area contributed by atoms with Crippen molar-refractivity contribution in [3.63, 3.8) is 0 Å². The summed E-state index contributed by atoms with van der Waals surface area (Å²) in [6.07, 6.45) is -4.50. The minimum absolute atomic E-state index is 0.0106. The van der Waals surface area contributed by atoms with Gasteiger partial charge in [0.05, 0.1) is 33.9 Å². The molecule has 5 nitrogen and oxygen atoms in total. The van der Waals surface area contributed by atoms with Crippen LogP contribution in [0.15, 0.2) is 47.3 Å². The summed E-state index contributed by atoms with van der Waals surface area (Å²) in [5.74, 6) is 0. The first-order chi connectivity index (χ1) is 12.3. The highest BCUT2D eigenvalue weighted by atomic mass is 19.4. The molecule has 0 aliphatic carbocycles. The fourth-order valence-electron chi connectivity index (χ4n) is 2.78. The molecule has 0 spiro atoms. The molecule has 2 aromatic carbocycles. The number of H-pyrrole nitrogens is 2. The van der Waals surface area contributed by atoms with E-state index in [-0.39, 0.29) is 16.7 Å². The SMILES string of the molecule is N#Cc1ccc2[nH]c(-c3nc4ccc(C(F)(F)F)cc4[nH]c3=O)cc2c1. The lowest BCUT2D eigenvalue weighted by molar-refractivity contribution is -0.137. The Hall–Kier alpha value is -3.60. The van der Waals surface area contributed by atoms with Gasteiger partial charge in [0.1, 0.15) is 0 Å². The third-order valence-electron chi connectivity index (χ3n) is 4.02. The number of alkyl halides is 3. The number of hydrogen-bond donors (Lipinski definition) is 2. The Morgan fingerprint density at radius 1 is 1.00 bits per heavy atom. The van der Waals surface area contributed by atoms with Crippen molar-refractivity contribution in [3.8, 4) is 17.5 Å². The first-order valence-electron chi connectivity index (χ1n) is 7.50. The van der Waals surface area contributed by atoms with Gasteiger partial charge < -0.3 is 9.97 Å². The van der Waals surface area contributed by atoms with E-state index in [0.717, 1.165) is 17.5 Å². The summed E-state index contributed by atoms with van der Waals surface area (Å²) in [5, 5.41) is 9.68. The lowest BCUT2D eigenvalue weighted by Gasteiger charge is -2.07. The van der Waals surface area contributed by atoms with Crippen LogP contribution in [0.3, 0.4) is 0 Å². The number of benzene rings is 2. The van der Waals surface area contributed by atoms with Gasteiger partial charge in [0, 0.05) is 10.9 Å². The average molecular weight is 354 g/mol. The van der Waals surface area contributed by atoms with Crippen LogP contribution < -0.4 is 5.56 Å². The minimum atomic E-state index is -4.50. The number of aromatic amines is 2. The van der Waals surface area contributed by atoms with E-state index in [1.165, 1.54) is 6.07 Å². The van der Waals surface area contributed by atoms with Gasteiger partial charge in [-0.2, -0.15) is 18.4 Å². The molecule has 0 unspecified atom stereocenters. The van der Waals surface area contributed by atoms with E-state index in [9.17, 15) is 18.0 Å². The van der Waals surface area contributed by atoms with Crippen LogP contribution in [0.2, 0.25) is 0 Å². The lowest BCUT2D eigenvalue weighted by atomic mass is 10.1. The van der Waals surface area contributed by atoms with Gasteiger partial charge in [-0.15, -0.1) is 0 Å². The largest absolute Gasteiger partial charge is 0.416 e. The van der Waals surface area contributed by atoms with E-state index < -0.39 is 17.3 Å². The van der Waals surface area contributed by atoms with E-state index in [2.05, 4.69) is 15.0 Å².